The Hall–Kier alpha value is -1.93. The summed E-state index contributed by atoms with van der Waals surface area (Å²) in [7, 11) is -3.77. The number of sulfone groups is 1. The van der Waals surface area contributed by atoms with Gasteiger partial charge in [0.2, 0.25) is 5.91 Å². The van der Waals surface area contributed by atoms with Crippen LogP contribution in [0, 0.1) is 0 Å². The lowest BCUT2D eigenvalue weighted by atomic mass is 9.94. The number of carbonyl (C=O) groups is 2. The van der Waals surface area contributed by atoms with Crippen molar-refractivity contribution in [3.8, 4) is 0 Å². The Morgan fingerprint density at radius 1 is 1.13 bits per heavy atom. The largest absolute Gasteiger partial charge is 0.369 e. The fourth-order valence-electron chi connectivity index (χ4n) is 1.94. The first kappa shape index (κ1) is 19.1. The second-order valence-electron chi connectivity index (χ2n) is 5.50. The van der Waals surface area contributed by atoms with Crippen LogP contribution >= 0.6 is 0 Å². The molecular formula is C15H23N3O4S. The highest BCUT2D eigenvalue weighted by Gasteiger charge is 2.22. The van der Waals surface area contributed by atoms with Crippen LogP contribution in [0.2, 0.25) is 0 Å². The minimum Gasteiger partial charge on any atom is -0.369 e. The SMILES string of the molecule is CCC(N)(CC)CNC(=O)c1ccc(S(=O)(=O)CC(N)=O)cc1. The zero-order chi connectivity index (χ0) is 17.7. The first-order chi connectivity index (χ1) is 10.6. The monoisotopic (exact) mass is 341 g/mol. The Balaban J connectivity index is 2.81. The number of amides is 2. The lowest BCUT2D eigenvalue weighted by Crippen LogP contribution is -2.49. The molecule has 0 bridgehead atoms. The van der Waals surface area contributed by atoms with Crippen molar-refractivity contribution in [2.75, 3.05) is 12.3 Å². The molecule has 2 amide bonds. The van der Waals surface area contributed by atoms with Gasteiger partial charge in [-0.2, -0.15) is 0 Å². The molecule has 7 nitrogen and oxygen atoms in total. The molecule has 1 rings (SSSR count). The maximum atomic E-state index is 12.1. The van der Waals surface area contributed by atoms with Gasteiger partial charge < -0.3 is 16.8 Å². The number of nitrogens with two attached hydrogens (primary N) is 2. The fraction of sp³-hybridized carbons (Fsp3) is 0.467. The highest BCUT2D eigenvalue weighted by Crippen LogP contribution is 2.13. The normalized spacial score (nSPS) is 12.0. The maximum Gasteiger partial charge on any atom is 0.251 e. The van der Waals surface area contributed by atoms with E-state index in [1.807, 2.05) is 13.8 Å². The quantitative estimate of drug-likeness (QED) is 0.621. The fourth-order valence-corrected chi connectivity index (χ4v) is 3.03. The summed E-state index contributed by atoms with van der Waals surface area (Å²) in [6, 6.07) is 5.34. The summed E-state index contributed by atoms with van der Waals surface area (Å²) in [5, 5.41) is 2.74. The van der Waals surface area contributed by atoms with Crippen molar-refractivity contribution in [1.29, 1.82) is 0 Å². The lowest BCUT2D eigenvalue weighted by molar-refractivity contribution is -0.115. The summed E-state index contributed by atoms with van der Waals surface area (Å²) < 4.78 is 23.7. The molecule has 0 spiro atoms. The van der Waals surface area contributed by atoms with Crippen molar-refractivity contribution in [3.63, 3.8) is 0 Å². The Morgan fingerprint density at radius 2 is 1.65 bits per heavy atom. The molecule has 23 heavy (non-hydrogen) atoms. The molecule has 0 saturated carbocycles. The van der Waals surface area contributed by atoms with Crippen molar-refractivity contribution in [1.82, 2.24) is 5.32 Å². The van der Waals surface area contributed by atoms with E-state index in [1.165, 1.54) is 24.3 Å². The first-order valence-corrected chi connectivity index (χ1v) is 8.97. The summed E-state index contributed by atoms with van der Waals surface area (Å²) in [5.74, 6) is -2.02. The number of hydrogen-bond acceptors (Lipinski definition) is 5. The molecule has 0 aliphatic rings. The number of hydrogen-bond donors (Lipinski definition) is 3. The zero-order valence-corrected chi connectivity index (χ0v) is 14.2. The van der Waals surface area contributed by atoms with Gasteiger partial charge in [-0.3, -0.25) is 9.59 Å². The summed E-state index contributed by atoms with van der Waals surface area (Å²) in [6.07, 6.45) is 1.46. The highest BCUT2D eigenvalue weighted by molar-refractivity contribution is 7.92. The number of nitrogens with one attached hydrogen (secondary N) is 1. The molecule has 0 saturated heterocycles. The number of rotatable bonds is 8. The molecule has 1 aromatic rings. The van der Waals surface area contributed by atoms with Crippen molar-refractivity contribution < 1.29 is 18.0 Å². The third-order valence-electron chi connectivity index (χ3n) is 3.82. The van der Waals surface area contributed by atoms with Crippen LogP contribution in [0.3, 0.4) is 0 Å². The van der Waals surface area contributed by atoms with Crippen LogP contribution in [-0.2, 0) is 14.6 Å². The average Bonchev–Trinajstić information content (AvgIpc) is 2.51. The van der Waals surface area contributed by atoms with E-state index >= 15 is 0 Å². The molecule has 0 heterocycles. The molecule has 0 radical (unpaired) electrons. The minimum absolute atomic E-state index is 0.0526. The van der Waals surface area contributed by atoms with E-state index in [0.29, 0.717) is 12.1 Å². The van der Waals surface area contributed by atoms with Crippen molar-refractivity contribution in [2.24, 2.45) is 11.5 Å². The van der Waals surface area contributed by atoms with Gasteiger partial charge in [0.15, 0.2) is 9.84 Å². The summed E-state index contributed by atoms with van der Waals surface area (Å²) in [5.41, 5.74) is 10.9. The van der Waals surface area contributed by atoms with Crippen LogP contribution in [-0.4, -0.2) is 38.1 Å². The molecule has 0 aliphatic heterocycles. The second kappa shape index (κ2) is 7.56. The van der Waals surface area contributed by atoms with Crippen LogP contribution in [0.4, 0.5) is 0 Å². The van der Waals surface area contributed by atoms with E-state index in [2.05, 4.69) is 5.32 Å². The first-order valence-electron chi connectivity index (χ1n) is 7.32. The smallest absolute Gasteiger partial charge is 0.251 e. The zero-order valence-electron chi connectivity index (χ0n) is 13.3. The number of benzene rings is 1. The Bertz CT molecular complexity index is 664. The van der Waals surface area contributed by atoms with Gasteiger partial charge in [-0.05, 0) is 37.1 Å². The van der Waals surface area contributed by atoms with Gasteiger partial charge in [0, 0.05) is 17.6 Å². The van der Waals surface area contributed by atoms with Gasteiger partial charge in [-0.15, -0.1) is 0 Å². The Morgan fingerprint density at radius 3 is 2.09 bits per heavy atom. The van der Waals surface area contributed by atoms with Crippen molar-refractivity contribution in [3.05, 3.63) is 29.8 Å². The van der Waals surface area contributed by atoms with Gasteiger partial charge in [0.25, 0.3) is 5.91 Å². The lowest BCUT2D eigenvalue weighted by Gasteiger charge is -2.26. The van der Waals surface area contributed by atoms with Gasteiger partial charge in [-0.25, -0.2) is 8.42 Å². The van der Waals surface area contributed by atoms with E-state index in [4.69, 9.17) is 11.5 Å². The molecule has 0 fully saturated rings. The van der Waals surface area contributed by atoms with E-state index in [-0.39, 0.29) is 10.8 Å². The van der Waals surface area contributed by atoms with E-state index < -0.39 is 27.0 Å². The summed E-state index contributed by atoms with van der Waals surface area (Å²) in [4.78, 5) is 22.8. The van der Waals surface area contributed by atoms with Gasteiger partial charge >= 0.3 is 0 Å². The second-order valence-corrected chi connectivity index (χ2v) is 7.49. The van der Waals surface area contributed by atoms with Crippen LogP contribution in [0.15, 0.2) is 29.2 Å². The van der Waals surface area contributed by atoms with Gasteiger partial charge in [-0.1, -0.05) is 13.8 Å². The molecule has 0 atom stereocenters. The standard InChI is InChI=1S/C15H23N3O4S/c1-3-15(17,4-2)10-18-14(20)11-5-7-12(8-6-11)23(21,22)9-13(16)19/h5-8H,3-4,9-10,17H2,1-2H3,(H2,16,19)(H,18,20). The van der Waals surface area contributed by atoms with Gasteiger partial charge in [0.1, 0.15) is 5.75 Å². The van der Waals surface area contributed by atoms with Crippen LogP contribution < -0.4 is 16.8 Å². The van der Waals surface area contributed by atoms with E-state index in [9.17, 15) is 18.0 Å². The summed E-state index contributed by atoms with van der Waals surface area (Å²) >= 11 is 0. The Kier molecular flexibility index (Phi) is 6.28. The van der Waals surface area contributed by atoms with Crippen molar-refractivity contribution in [2.45, 2.75) is 37.1 Å². The molecule has 0 aromatic heterocycles. The minimum atomic E-state index is -3.77. The van der Waals surface area contributed by atoms with Crippen LogP contribution in [0.25, 0.3) is 0 Å². The molecular weight excluding hydrogens is 318 g/mol. The van der Waals surface area contributed by atoms with Gasteiger partial charge in [0.05, 0.1) is 4.90 Å². The number of primary amides is 1. The molecule has 0 unspecified atom stereocenters. The maximum absolute atomic E-state index is 12.1. The number of carbonyl (C=O) groups excluding carboxylic acids is 2. The van der Waals surface area contributed by atoms with Crippen LogP contribution in [0.1, 0.15) is 37.0 Å². The average molecular weight is 341 g/mol. The molecule has 1 aromatic carbocycles. The third-order valence-corrected chi connectivity index (χ3v) is 5.47. The molecule has 128 valence electrons. The molecule has 5 N–H and O–H groups in total. The highest BCUT2D eigenvalue weighted by atomic mass is 32.2. The Labute approximate surface area is 136 Å². The molecule has 0 aliphatic carbocycles. The molecule has 8 heteroatoms. The van der Waals surface area contributed by atoms with Crippen LogP contribution in [0.5, 0.6) is 0 Å². The summed E-state index contributed by atoms with van der Waals surface area (Å²) in [6.45, 7) is 4.24. The van der Waals surface area contributed by atoms with E-state index in [1.54, 1.807) is 0 Å². The predicted octanol–water partition coefficient (Wildman–Crippen LogP) is 0.193. The van der Waals surface area contributed by atoms with Crippen molar-refractivity contribution >= 4 is 21.7 Å². The predicted molar refractivity (Wildman–Crippen MR) is 87.5 cm³/mol. The van der Waals surface area contributed by atoms with E-state index in [0.717, 1.165) is 12.8 Å². The topological polar surface area (TPSA) is 132 Å². The third kappa shape index (κ3) is 5.33.